The maximum absolute atomic E-state index is 12.4. The average molecular weight is 484 g/mol. The number of nitrogens with two attached hydrogens (primary N) is 1. The van der Waals surface area contributed by atoms with Crippen LogP contribution in [0.2, 0.25) is 0 Å². The van der Waals surface area contributed by atoms with Gasteiger partial charge in [0.2, 0.25) is 5.89 Å². The summed E-state index contributed by atoms with van der Waals surface area (Å²) >= 11 is 0. The zero-order chi connectivity index (χ0) is 18.7. The second-order valence-corrected chi connectivity index (χ2v) is 6.24. The van der Waals surface area contributed by atoms with Crippen LogP contribution in [-0.4, -0.2) is 17.3 Å². The molecule has 0 unspecified atom stereocenters. The molecule has 0 aliphatic carbocycles. The van der Waals surface area contributed by atoms with Gasteiger partial charge in [0.05, 0.1) is 11.9 Å². The summed E-state index contributed by atoms with van der Waals surface area (Å²) in [6, 6.07) is 5.53. The van der Waals surface area contributed by atoms with E-state index in [1.165, 1.54) is 18.2 Å². The van der Waals surface area contributed by atoms with Gasteiger partial charge in [-0.2, -0.15) is 0 Å². The summed E-state index contributed by atoms with van der Waals surface area (Å²) in [6.07, 6.45) is -3.19. The van der Waals surface area contributed by atoms with Gasteiger partial charge in [-0.25, -0.2) is 9.98 Å². The minimum atomic E-state index is -4.80. The zero-order valence-electron chi connectivity index (χ0n) is 14.4. The Labute approximate surface area is 166 Å². The fourth-order valence-electron chi connectivity index (χ4n) is 1.84. The predicted octanol–water partition coefficient (Wildman–Crippen LogP) is 4.42. The first-order valence-corrected chi connectivity index (χ1v) is 7.41. The average Bonchev–Trinajstić information content (AvgIpc) is 2.95. The minimum Gasteiger partial charge on any atom is -0.443 e. The lowest BCUT2D eigenvalue weighted by Gasteiger charge is -2.14. The molecule has 26 heavy (non-hydrogen) atoms. The van der Waals surface area contributed by atoms with E-state index in [-0.39, 0.29) is 47.6 Å². The number of para-hydroxylation sites is 2. The van der Waals surface area contributed by atoms with Crippen molar-refractivity contribution in [2.24, 2.45) is 10.7 Å². The molecule has 2 aromatic rings. The molecule has 0 saturated carbocycles. The number of hydrogen-bond acceptors (Lipinski definition) is 4. The summed E-state index contributed by atoms with van der Waals surface area (Å²) < 4.78 is 46.7. The largest absolute Gasteiger partial charge is 0.573 e. The number of alkyl halides is 3. The Bertz CT molecular complexity index is 754. The SMILES string of the molecule is CC(C)(C)c1cnc(CN=C(N)Nc2ccccc2OC(F)(F)F)o1.I. The Morgan fingerprint density at radius 3 is 2.50 bits per heavy atom. The van der Waals surface area contributed by atoms with E-state index in [9.17, 15) is 13.2 Å². The highest BCUT2D eigenvalue weighted by Crippen LogP contribution is 2.29. The van der Waals surface area contributed by atoms with Gasteiger partial charge in [0.1, 0.15) is 12.3 Å². The number of halogens is 4. The molecule has 10 heteroatoms. The number of nitrogens with one attached hydrogen (secondary N) is 1. The number of guanidine groups is 1. The van der Waals surface area contributed by atoms with Crippen LogP contribution in [0.3, 0.4) is 0 Å². The van der Waals surface area contributed by atoms with Crippen LogP contribution in [0.4, 0.5) is 18.9 Å². The van der Waals surface area contributed by atoms with E-state index < -0.39 is 12.1 Å². The summed E-state index contributed by atoms with van der Waals surface area (Å²) in [4.78, 5) is 8.11. The molecular formula is C16H20F3IN4O2. The third kappa shape index (κ3) is 6.73. The molecule has 2 rings (SSSR count). The van der Waals surface area contributed by atoms with E-state index in [0.717, 1.165) is 0 Å². The van der Waals surface area contributed by atoms with E-state index >= 15 is 0 Å². The van der Waals surface area contributed by atoms with Crippen LogP contribution < -0.4 is 15.8 Å². The summed E-state index contributed by atoms with van der Waals surface area (Å²) in [5.41, 5.74) is 5.57. The highest BCUT2D eigenvalue weighted by Gasteiger charge is 2.32. The number of nitrogens with zero attached hydrogens (tertiary/aromatic N) is 2. The molecule has 0 amide bonds. The van der Waals surface area contributed by atoms with E-state index in [0.29, 0.717) is 11.7 Å². The van der Waals surface area contributed by atoms with Crippen molar-refractivity contribution in [3.05, 3.63) is 42.1 Å². The van der Waals surface area contributed by atoms with E-state index in [1.54, 1.807) is 12.3 Å². The number of oxazole rings is 1. The highest BCUT2D eigenvalue weighted by molar-refractivity contribution is 14.0. The van der Waals surface area contributed by atoms with Gasteiger partial charge in [0.15, 0.2) is 11.7 Å². The van der Waals surface area contributed by atoms with Crippen molar-refractivity contribution in [1.29, 1.82) is 0 Å². The van der Waals surface area contributed by atoms with E-state index in [2.05, 4.69) is 20.0 Å². The maximum atomic E-state index is 12.4. The lowest BCUT2D eigenvalue weighted by molar-refractivity contribution is -0.274. The van der Waals surface area contributed by atoms with Gasteiger partial charge in [0, 0.05) is 5.41 Å². The van der Waals surface area contributed by atoms with Crippen molar-refractivity contribution in [3.8, 4) is 5.75 Å². The second-order valence-electron chi connectivity index (χ2n) is 6.24. The van der Waals surface area contributed by atoms with Crippen molar-refractivity contribution >= 4 is 35.6 Å². The molecule has 0 atom stereocenters. The first kappa shape index (κ1) is 22.1. The molecule has 144 valence electrons. The highest BCUT2D eigenvalue weighted by atomic mass is 127. The zero-order valence-corrected chi connectivity index (χ0v) is 16.8. The first-order chi connectivity index (χ1) is 11.5. The molecule has 1 aromatic carbocycles. The number of anilines is 1. The monoisotopic (exact) mass is 484 g/mol. The van der Waals surface area contributed by atoms with Crippen LogP contribution in [0.15, 0.2) is 39.9 Å². The van der Waals surface area contributed by atoms with Crippen molar-refractivity contribution in [2.45, 2.75) is 39.1 Å². The normalized spacial score (nSPS) is 12.5. The van der Waals surface area contributed by atoms with E-state index in [1.807, 2.05) is 20.8 Å². The predicted molar refractivity (Wildman–Crippen MR) is 103 cm³/mol. The number of hydrogen-bond donors (Lipinski definition) is 2. The molecule has 0 aliphatic rings. The lowest BCUT2D eigenvalue weighted by atomic mass is 9.94. The molecule has 0 fully saturated rings. The van der Waals surface area contributed by atoms with Crippen LogP contribution in [0.5, 0.6) is 5.75 Å². The molecule has 0 spiro atoms. The van der Waals surface area contributed by atoms with Gasteiger partial charge in [-0.05, 0) is 12.1 Å². The Kier molecular flexibility index (Phi) is 7.30. The Morgan fingerprint density at radius 2 is 1.92 bits per heavy atom. The number of benzene rings is 1. The standard InChI is InChI=1S/C16H19F3N4O2.HI/c1-15(2,3)12-8-21-13(24-12)9-22-14(20)23-10-6-4-5-7-11(10)25-16(17,18)19;/h4-8H,9H2,1-3H3,(H3,20,22,23);1H. The lowest BCUT2D eigenvalue weighted by Crippen LogP contribution is -2.24. The number of ether oxygens (including phenoxy) is 1. The fourth-order valence-corrected chi connectivity index (χ4v) is 1.84. The quantitative estimate of drug-likeness (QED) is 0.382. The van der Waals surface area contributed by atoms with E-state index in [4.69, 9.17) is 10.2 Å². The van der Waals surface area contributed by atoms with Gasteiger partial charge < -0.3 is 20.2 Å². The van der Waals surface area contributed by atoms with Gasteiger partial charge in [-0.15, -0.1) is 37.1 Å². The topological polar surface area (TPSA) is 85.7 Å². The Morgan fingerprint density at radius 1 is 1.27 bits per heavy atom. The molecule has 1 heterocycles. The molecule has 3 N–H and O–H groups in total. The Balaban J connectivity index is 0.00000338. The summed E-state index contributed by atoms with van der Waals surface area (Å²) in [7, 11) is 0. The van der Waals surface area contributed by atoms with Gasteiger partial charge >= 0.3 is 6.36 Å². The van der Waals surface area contributed by atoms with Crippen molar-refractivity contribution in [1.82, 2.24) is 4.98 Å². The van der Waals surface area contributed by atoms with Crippen molar-refractivity contribution < 1.29 is 22.3 Å². The first-order valence-electron chi connectivity index (χ1n) is 7.41. The Hall–Kier alpha value is -1.98. The number of aliphatic imine (C=N–C) groups is 1. The van der Waals surface area contributed by atoms with Gasteiger partial charge in [0.25, 0.3) is 0 Å². The van der Waals surface area contributed by atoms with Crippen LogP contribution in [0.25, 0.3) is 0 Å². The maximum Gasteiger partial charge on any atom is 0.573 e. The molecule has 1 aromatic heterocycles. The molecule has 0 aliphatic heterocycles. The smallest absolute Gasteiger partial charge is 0.443 e. The summed E-state index contributed by atoms with van der Waals surface area (Å²) in [5.74, 6) is 0.565. The van der Waals surface area contributed by atoms with Crippen LogP contribution in [-0.2, 0) is 12.0 Å². The molecular weight excluding hydrogens is 464 g/mol. The molecule has 0 radical (unpaired) electrons. The van der Waals surface area contributed by atoms with Crippen LogP contribution in [0.1, 0.15) is 32.4 Å². The summed E-state index contributed by atoms with van der Waals surface area (Å²) in [5, 5.41) is 2.57. The van der Waals surface area contributed by atoms with Crippen molar-refractivity contribution in [3.63, 3.8) is 0 Å². The molecule has 0 bridgehead atoms. The minimum absolute atomic E-state index is 0. The van der Waals surface area contributed by atoms with Crippen LogP contribution >= 0.6 is 24.0 Å². The second kappa shape index (κ2) is 8.60. The third-order valence-corrected chi connectivity index (χ3v) is 3.05. The third-order valence-electron chi connectivity index (χ3n) is 3.05. The number of rotatable bonds is 4. The van der Waals surface area contributed by atoms with Crippen LogP contribution in [0, 0.1) is 0 Å². The molecule has 0 saturated heterocycles. The van der Waals surface area contributed by atoms with Gasteiger partial charge in [-0.3, -0.25) is 0 Å². The fraction of sp³-hybridized carbons (Fsp3) is 0.375. The molecule has 6 nitrogen and oxygen atoms in total. The summed E-state index contributed by atoms with van der Waals surface area (Å²) in [6.45, 7) is 5.99. The van der Waals surface area contributed by atoms with Gasteiger partial charge in [-0.1, -0.05) is 32.9 Å². The number of aromatic nitrogens is 1. The van der Waals surface area contributed by atoms with Crippen molar-refractivity contribution in [2.75, 3.05) is 5.32 Å².